The highest BCUT2D eigenvalue weighted by Crippen LogP contribution is 2.29. The zero-order valence-electron chi connectivity index (χ0n) is 14.9. The van der Waals surface area contributed by atoms with E-state index in [1.807, 2.05) is 35.2 Å². The molecule has 5 nitrogen and oxygen atoms in total. The lowest BCUT2D eigenvalue weighted by molar-refractivity contribution is -0.128. The normalized spacial score (nSPS) is 24.8. The average molecular weight is 343 g/mol. The monoisotopic (exact) mass is 343 g/mol. The second-order valence-corrected chi connectivity index (χ2v) is 7.15. The van der Waals surface area contributed by atoms with Crippen molar-refractivity contribution in [3.63, 3.8) is 0 Å². The molecule has 1 saturated carbocycles. The first-order chi connectivity index (χ1) is 12.3. The van der Waals surface area contributed by atoms with E-state index < -0.39 is 0 Å². The number of carbonyl (C=O) groups excluding carboxylic acids is 2. The molecule has 1 aliphatic carbocycles. The Kier molecular flexibility index (Phi) is 6.31. The minimum absolute atomic E-state index is 0.0302. The summed E-state index contributed by atoms with van der Waals surface area (Å²) in [4.78, 5) is 27.4. The Morgan fingerprint density at radius 2 is 1.88 bits per heavy atom. The van der Waals surface area contributed by atoms with Crippen molar-refractivity contribution in [1.82, 2.24) is 15.5 Å². The Balaban J connectivity index is 1.70. The first-order valence-corrected chi connectivity index (χ1v) is 9.62. The second kappa shape index (κ2) is 8.88. The van der Waals surface area contributed by atoms with Crippen molar-refractivity contribution >= 4 is 11.9 Å². The molecular weight excluding hydrogens is 314 g/mol. The van der Waals surface area contributed by atoms with E-state index in [1.54, 1.807) is 0 Å². The fourth-order valence-electron chi connectivity index (χ4n) is 4.01. The SMILES string of the molecule is O=C1NCCCCCN(C(=O)NCc2ccccc2)[C@H]2CCCC[C@@H]12. The number of rotatable bonds is 2. The minimum atomic E-state index is -0.0608. The van der Waals surface area contributed by atoms with E-state index in [9.17, 15) is 9.59 Å². The van der Waals surface area contributed by atoms with Crippen LogP contribution >= 0.6 is 0 Å². The van der Waals surface area contributed by atoms with Crippen LogP contribution in [0.5, 0.6) is 0 Å². The number of nitrogens with zero attached hydrogens (tertiary/aromatic N) is 1. The van der Waals surface area contributed by atoms with Crippen molar-refractivity contribution in [2.24, 2.45) is 5.92 Å². The maximum Gasteiger partial charge on any atom is 0.317 e. The number of carbonyl (C=O) groups is 2. The standard InChI is InChI=1S/C20H29N3O2/c24-19-17-11-5-6-12-18(17)23(14-8-2-7-13-21-19)20(25)22-15-16-9-3-1-4-10-16/h1,3-4,9-10,17-18H,2,5-8,11-15H2,(H,21,24)(H,22,25)/t17-,18+/m1/s1. The van der Waals surface area contributed by atoms with Gasteiger partial charge in [-0.25, -0.2) is 4.79 Å². The summed E-state index contributed by atoms with van der Waals surface area (Å²) in [5.74, 6) is 0.0711. The molecular formula is C20H29N3O2. The number of amides is 3. The Bertz CT molecular complexity index is 576. The van der Waals surface area contributed by atoms with Gasteiger partial charge in [0.05, 0.1) is 5.92 Å². The summed E-state index contributed by atoms with van der Waals surface area (Å²) in [6.07, 6.45) is 7.02. The zero-order valence-corrected chi connectivity index (χ0v) is 14.9. The van der Waals surface area contributed by atoms with Gasteiger partial charge in [0, 0.05) is 25.7 Å². The Hall–Kier alpha value is -2.04. The fourth-order valence-corrected chi connectivity index (χ4v) is 4.01. The van der Waals surface area contributed by atoms with Crippen LogP contribution in [0.15, 0.2) is 30.3 Å². The van der Waals surface area contributed by atoms with Gasteiger partial charge in [-0.1, -0.05) is 43.2 Å². The second-order valence-electron chi connectivity index (χ2n) is 7.15. The highest BCUT2D eigenvalue weighted by atomic mass is 16.2. The lowest BCUT2D eigenvalue weighted by Crippen LogP contribution is -2.54. The van der Waals surface area contributed by atoms with Crippen molar-refractivity contribution in [2.45, 2.75) is 57.5 Å². The van der Waals surface area contributed by atoms with Gasteiger partial charge in [-0.2, -0.15) is 0 Å². The fraction of sp³-hybridized carbons (Fsp3) is 0.600. The van der Waals surface area contributed by atoms with Crippen LogP contribution in [0.4, 0.5) is 4.79 Å². The molecule has 25 heavy (non-hydrogen) atoms. The van der Waals surface area contributed by atoms with Gasteiger partial charge in [-0.3, -0.25) is 4.79 Å². The first kappa shape index (κ1) is 17.8. The molecule has 0 aromatic heterocycles. The number of nitrogens with one attached hydrogen (secondary N) is 2. The number of fused-ring (bicyclic) bond motifs is 1. The van der Waals surface area contributed by atoms with Crippen LogP contribution in [0.1, 0.15) is 50.5 Å². The topological polar surface area (TPSA) is 61.4 Å². The molecule has 2 aliphatic rings. The van der Waals surface area contributed by atoms with Crippen molar-refractivity contribution in [3.8, 4) is 0 Å². The van der Waals surface area contributed by atoms with E-state index in [0.717, 1.165) is 63.6 Å². The third-order valence-electron chi connectivity index (χ3n) is 5.39. The predicted octanol–water partition coefficient (Wildman–Crippen LogP) is 3.06. The van der Waals surface area contributed by atoms with Crippen molar-refractivity contribution < 1.29 is 9.59 Å². The van der Waals surface area contributed by atoms with E-state index in [0.29, 0.717) is 6.54 Å². The maximum absolute atomic E-state index is 12.9. The molecule has 5 heteroatoms. The van der Waals surface area contributed by atoms with Gasteiger partial charge >= 0.3 is 6.03 Å². The number of hydrogen-bond acceptors (Lipinski definition) is 2. The number of urea groups is 1. The van der Waals surface area contributed by atoms with Crippen molar-refractivity contribution in [2.75, 3.05) is 13.1 Å². The van der Waals surface area contributed by atoms with E-state index in [4.69, 9.17) is 0 Å². The van der Waals surface area contributed by atoms with E-state index in [-0.39, 0.29) is 23.9 Å². The smallest absolute Gasteiger partial charge is 0.317 e. The molecule has 1 aromatic carbocycles. The Labute approximate surface area is 150 Å². The van der Waals surface area contributed by atoms with Crippen LogP contribution in [-0.4, -0.2) is 36.0 Å². The quantitative estimate of drug-likeness (QED) is 0.867. The van der Waals surface area contributed by atoms with Crippen LogP contribution in [0.3, 0.4) is 0 Å². The lowest BCUT2D eigenvalue weighted by Gasteiger charge is -2.40. The molecule has 136 valence electrons. The van der Waals surface area contributed by atoms with Crippen molar-refractivity contribution in [3.05, 3.63) is 35.9 Å². The molecule has 2 fully saturated rings. The van der Waals surface area contributed by atoms with Gasteiger partial charge in [0.25, 0.3) is 0 Å². The van der Waals surface area contributed by atoms with E-state index in [1.165, 1.54) is 0 Å². The van der Waals surface area contributed by atoms with E-state index in [2.05, 4.69) is 10.6 Å². The third kappa shape index (κ3) is 4.74. The minimum Gasteiger partial charge on any atom is -0.356 e. The summed E-state index contributed by atoms with van der Waals surface area (Å²) in [6, 6.07) is 9.96. The molecule has 1 aromatic rings. The van der Waals surface area contributed by atoms with Crippen LogP contribution in [0.2, 0.25) is 0 Å². The number of hydrogen-bond donors (Lipinski definition) is 2. The molecule has 1 saturated heterocycles. The van der Waals surface area contributed by atoms with Crippen LogP contribution in [-0.2, 0) is 11.3 Å². The molecule has 2 N–H and O–H groups in total. The molecule has 3 amide bonds. The Morgan fingerprint density at radius 3 is 2.72 bits per heavy atom. The molecule has 0 bridgehead atoms. The largest absolute Gasteiger partial charge is 0.356 e. The molecule has 0 unspecified atom stereocenters. The summed E-state index contributed by atoms with van der Waals surface area (Å²) in [5, 5.41) is 6.13. The summed E-state index contributed by atoms with van der Waals surface area (Å²) < 4.78 is 0. The van der Waals surface area contributed by atoms with Crippen LogP contribution < -0.4 is 10.6 Å². The molecule has 1 aliphatic heterocycles. The van der Waals surface area contributed by atoms with Gasteiger partial charge in [0.1, 0.15) is 0 Å². The van der Waals surface area contributed by atoms with Gasteiger partial charge < -0.3 is 15.5 Å². The van der Waals surface area contributed by atoms with E-state index >= 15 is 0 Å². The van der Waals surface area contributed by atoms with Gasteiger partial charge in [-0.15, -0.1) is 0 Å². The van der Waals surface area contributed by atoms with Gasteiger partial charge in [0.2, 0.25) is 5.91 Å². The summed E-state index contributed by atoms with van der Waals surface area (Å²) in [5.41, 5.74) is 1.09. The summed E-state index contributed by atoms with van der Waals surface area (Å²) >= 11 is 0. The highest BCUT2D eigenvalue weighted by Gasteiger charge is 2.37. The number of benzene rings is 1. The summed E-state index contributed by atoms with van der Waals surface area (Å²) in [6.45, 7) is 2.04. The average Bonchev–Trinajstić information content (AvgIpc) is 2.66. The predicted molar refractivity (Wildman–Crippen MR) is 98.0 cm³/mol. The molecule has 2 atom stereocenters. The molecule has 0 radical (unpaired) electrons. The first-order valence-electron chi connectivity index (χ1n) is 9.62. The molecule has 1 heterocycles. The Morgan fingerprint density at radius 1 is 1.08 bits per heavy atom. The van der Waals surface area contributed by atoms with Crippen LogP contribution in [0.25, 0.3) is 0 Å². The van der Waals surface area contributed by atoms with Gasteiger partial charge in [0.15, 0.2) is 0 Å². The zero-order chi connectivity index (χ0) is 17.5. The maximum atomic E-state index is 12.9. The molecule has 0 spiro atoms. The molecule has 3 rings (SSSR count). The van der Waals surface area contributed by atoms with Gasteiger partial charge in [-0.05, 0) is 37.7 Å². The van der Waals surface area contributed by atoms with Crippen molar-refractivity contribution in [1.29, 1.82) is 0 Å². The lowest BCUT2D eigenvalue weighted by atomic mass is 9.82. The third-order valence-corrected chi connectivity index (χ3v) is 5.39. The highest BCUT2D eigenvalue weighted by molar-refractivity contribution is 5.81. The van der Waals surface area contributed by atoms with Crippen LogP contribution in [0, 0.1) is 5.92 Å². The summed E-state index contributed by atoms with van der Waals surface area (Å²) in [7, 11) is 0.